The predicted octanol–water partition coefficient (Wildman–Crippen LogP) is 1.95. The van der Waals surface area contributed by atoms with Crippen molar-refractivity contribution in [3.63, 3.8) is 0 Å². The van der Waals surface area contributed by atoms with Crippen LogP contribution in [-0.2, 0) is 11.2 Å². The van der Waals surface area contributed by atoms with Gasteiger partial charge in [-0.1, -0.05) is 22.9 Å². The van der Waals surface area contributed by atoms with Crippen LogP contribution in [0.5, 0.6) is 0 Å². The first-order valence-corrected chi connectivity index (χ1v) is 6.83. The van der Waals surface area contributed by atoms with Crippen LogP contribution in [0, 0.1) is 0 Å². The van der Waals surface area contributed by atoms with Crippen LogP contribution < -0.4 is 4.90 Å². The fraction of sp³-hybridized carbons (Fsp3) is 0.778. The van der Waals surface area contributed by atoms with E-state index >= 15 is 0 Å². The molecule has 1 aromatic heterocycles. The van der Waals surface area contributed by atoms with Gasteiger partial charge in [-0.3, -0.25) is 0 Å². The van der Waals surface area contributed by atoms with Crippen molar-refractivity contribution in [2.75, 3.05) is 37.0 Å². The van der Waals surface area contributed by atoms with Gasteiger partial charge in [0.25, 0.3) is 0 Å². The Hall–Kier alpha value is -0.200. The van der Waals surface area contributed by atoms with Crippen LogP contribution in [0.1, 0.15) is 12.7 Å². The summed E-state index contributed by atoms with van der Waals surface area (Å²) in [5, 5.41) is 1.92. The van der Waals surface area contributed by atoms with Gasteiger partial charge in [-0.15, -0.1) is 0 Å². The number of anilines is 1. The highest BCUT2D eigenvalue weighted by Crippen LogP contribution is 2.17. The summed E-state index contributed by atoms with van der Waals surface area (Å²) >= 11 is 4.90. The highest BCUT2D eigenvalue weighted by Gasteiger charge is 2.10. The average Bonchev–Trinajstić information content (AvgIpc) is 2.72. The second-order valence-corrected chi connectivity index (χ2v) is 4.54. The van der Waals surface area contributed by atoms with Crippen LogP contribution in [0.25, 0.3) is 0 Å². The van der Waals surface area contributed by atoms with Gasteiger partial charge in [0, 0.05) is 43.5 Å². The highest BCUT2D eigenvalue weighted by atomic mass is 79.9. The number of ether oxygens (including phenoxy) is 1. The lowest BCUT2D eigenvalue weighted by atomic mass is 10.5. The Morgan fingerprint density at radius 1 is 1.47 bits per heavy atom. The van der Waals surface area contributed by atoms with E-state index in [2.05, 4.69) is 37.1 Å². The summed E-state index contributed by atoms with van der Waals surface area (Å²) in [5.74, 6) is 0.923. The molecule has 0 aliphatic carbocycles. The third-order valence-corrected chi connectivity index (χ3v) is 3.13. The molecule has 1 heterocycles. The van der Waals surface area contributed by atoms with Crippen molar-refractivity contribution < 1.29 is 4.74 Å². The van der Waals surface area contributed by atoms with E-state index < -0.39 is 0 Å². The average molecular weight is 294 g/mol. The van der Waals surface area contributed by atoms with Crippen LogP contribution in [-0.4, -0.2) is 41.5 Å². The summed E-state index contributed by atoms with van der Waals surface area (Å²) in [6.07, 6.45) is 0.892. The van der Waals surface area contributed by atoms with Crippen molar-refractivity contribution in [1.29, 1.82) is 0 Å². The molecule has 0 N–H and O–H groups in total. The van der Waals surface area contributed by atoms with E-state index in [1.807, 2.05) is 0 Å². The smallest absolute Gasteiger partial charge is 0.205 e. The van der Waals surface area contributed by atoms with Crippen molar-refractivity contribution in [3.8, 4) is 0 Å². The van der Waals surface area contributed by atoms with Crippen LogP contribution >= 0.6 is 27.5 Å². The normalized spacial score (nSPS) is 10.6. The fourth-order valence-corrected chi connectivity index (χ4v) is 2.35. The molecular formula is C9H16BrN3OS. The molecule has 0 fully saturated rings. The van der Waals surface area contributed by atoms with E-state index in [4.69, 9.17) is 4.74 Å². The summed E-state index contributed by atoms with van der Waals surface area (Å²) in [7, 11) is 1.71. The van der Waals surface area contributed by atoms with Crippen molar-refractivity contribution >= 4 is 32.6 Å². The zero-order valence-corrected chi connectivity index (χ0v) is 11.5. The molecule has 0 aliphatic heterocycles. The quantitative estimate of drug-likeness (QED) is 0.720. The number of aryl methyl sites for hydroxylation is 1. The molecule has 4 nitrogen and oxygen atoms in total. The molecule has 1 aromatic rings. The Bertz CT molecular complexity index is 282. The Morgan fingerprint density at radius 2 is 2.27 bits per heavy atom. The molecule has 0 amide bonds. The number of halogens is 1. The first-order valence-electron chi connectivity index (χ1n) is 4.94. The molecule has 0 bridgehead atoms. The SMILES string of the molecule is CCc1nsc(N(CCBr)CCOC)n1. The van der Waals surface area contributed by atoms with E-state index in [1.165, 1.54) is 11.5 Å². The second-order valence-electron chi connectivity index (χ2n) is 3.02. The number of aromatic nitrogens is 2. The molecule has 0 saturated heterocycles. The third-order valence-electron chi connectivity index (χ3n) is 1.96. The van der Waals surface area contributed by atoms with Gasteiger partial charge in [-0.25, -0.2) is 4.98 Å². The molecule has 6 heteroatoms. The summed E-state index contributed by atoms with van der Waals surface area (Å²) in [6, 6.07) is 0. The Kier molecular flexibility index (Phi) is 6.12. The third kappa shape index (κ3) is 4.04. The minimum absolute atomic E-state index is 0.716. The minimum atomic E-state index is 0.716. The molecule has 1 rings (SSSR count). The monoisotopic (exact) mass is 293 g/mol. The summed E-state index contributed by atoms with van der Waals surface area (Å²) in [5.41, 5.74) is 0. The van der Waals surface area contributed by atoms with E-state index in [0.29, 0.717) is 6.61 Å². The number of alkyl halides is 1. The Balaban J connectivity index is 2.60. The maximum absolute atomic E-state index is 5.07. The van der Waals surface area contributed by atoms with Gasteiger partial charge in [0.2, 0.25) is 5.13 Å². The largest absolute Gasteiger partial charge is 0.383 e. The second kappa shape index (κ2) is 7.14. The van der Waals surface area contributed by atoms with Gasteiger partial charge in [0.05, 0.1) is 6.61 Å². The standard InChI is InChI=1S/C9H16BrN3OS/c1-3-8-11-9(15-12-8)13(5-4-10)6-7-14-2/h3-7H2,1-2H3. The van der Waals surface area contributed by atoms with Crippen LogP contribution in [0.15, 0.2) is 0 Å². The minimum Gasteiger partial charge on any atom is -0.383 e. The molecule has 86 valence electrons. The molecular weight excluding hydrogens is 278 g/mol. The highest BCUT2D eigenvalue weighted by molar-refractivity contribution is 9.09. The molecule has 0 aliphatic rings. The zero-order chi connectivity index (χ0) is 11.1. The maximum atomic E-state index is 5.07. The fourth-order valence-electron chi connectivity index (χ4n) is 1.12. The Labute approximate surface area is 103 Å². The topological polar surface area (TPSA) is 38.2 Å². The summed E-state index contributed by atoms with van der Waals surface area (Å²) in [4.78, 5) is 6.65. The number of rotatable bonds is 7. The van der Waals surface area contributed by atoms with Crippen LogP contribution in [0.3, 0.4) is 0 Å². The van der Waals surface area contributed by atoms with Gasteiger partial charge in [-0.2, -0.15) is 4.37 Å². The molecule has 0 unspecified atom stereocenters. The van der Waals surface area contributed by atoms with E-state index in [0.717, 1.165) is 35.8 Å². The zero-order valence-electron chi connectivity index (χ0n) is 9.07. The van der Waals surface area contributed by atoms with E-state index in [9.17, 15) is 0 Å². The van der Waals surface area contributed by atoms with Gasteiger partial charge < -0.3 is 9.64 Å². The van der Waals surface area contributed by atoms with E-state index in [1.54, 1.807) is 7.11 Å². The first-order chi connectivity index (χ1) is 7.31. The first kappa shape index (κ1) is 12.9. The van der Waals surface area contributed by atoms with E-state index in [-0.39, 0.29) is 0 Å². The van der Waals surface area contributed by atoms with Crippen molar-refractivity contribution in [1.82, 2.24) is 9.36 Å². The van der Waals surface area contributed by atoms with Crippen molar-refractivity contribution in [2.24, 2.45) is 0 Å². The van der Waals surface area contributed by atoms with Crippen molar-refractivity contribution in [3.05, 3.63) is 5.82 Å². The van der Waals surface area contributed by atoms with Crippen LogP contribution in [0.2, 0.25) is 0 Å². The van der Waals surface area contributed by atoms with Gasteiger partial charge >= 0.3 is 0 Å². The van der Waals surface area contributed by atoms with Crippen molar-refractivity contribution in [2.45, 2.75) is 13.3 Å². The Morgan fingerprint density at radius 3 is 2.80 bits per heavy atom. The lowest BCUT2D eigenvalue weighted by Crippen LogP contribution is -2.28. The number of hydrogen-bond acceptors (Lipinski definition) is 5. The van der Waals surface area contributed by atoms with Crippen LogP contribution in [0.4, 0.5) is 5.13 Å². The molecule has 15 heavy (non-hydrogen) atoms. The number of hydrogen-bond donors (Lipinski definition) is 0. The number of nitrogens with zero attached hydrogens (tertiary/aromatic N) is 3. The molecule has 0 aromatic carbocycles. The number of methoxy groups -OCH3 is 1. The van der Waals surface area contributed by atoms with Gasteiger partial charge in [-0.05, 0) is 0 Å². The summed E-state index contributed by atoms with van der Waals surface area (Å²) < 4.78 is 9.35. The van der Waals surface area contributed by atoms with Gasteiger partial charge in [0.15, 0.2) is 0 Å². The predicted molar refractivity (Wildman–Crippen MR) is 67.2 cm³/mol. The molecule has 0 spiro atoms. The lowest BCUT2D eigenvalue weighted by molar-refractivity contribution is 0.205. The maximum Gasteiger partial charge on any atom is 0.205 e. The van der Waals surface area contributed by atoms with Gasteiger partial charge in [0.1, 0.15) is 5.82 Å². The molecule has 0 radical (unpaired) electrons. The molecule has 0 atom stereocenters. The lowest BCUT2D eigenvalue weighted by Gasteiger charge is -2.19. The molecule has 0 saturated carbocycles. The summed E-state index contributed by atoms with van der Waals surface area (Å²) in [6.45, 7) is 4.58.